The normalized spacial score (nSPS) is 11.9. The number of hydrogen-bond donors (Lipinski definition) is 1. The number of fused-ring (bicyclic) bond motifs is 1. The first-order valence-corrected chi connectivity index (χ1v) is 11.1. The number of nitrogens with zero attached hydrogens (tertiary/aromatic N) is 3. The van der Waals surface area contributed by atoms with Gasteiger partial charge in [0.25, 0.3) is 0 Å². The molecule has 7 heteroatoms. The molecule has 0 saturated carbocycles. The molecule has 4 rings (SSSR count). The van der Waals surface area contributed by atoms with E-state index in [1.807, 2.05) is 86.6 Å². The molecule has 0 aliphatic carbocycles. The molecule has 162 valence electrons. The fourth-order valence-corrected chi connectivity index (χ4v) is 3.91. The summed E-state index contributed by atoms with van der Waals surface area (Å²) in [6, 6.07) is 23.5. The molecule has 1 heterocycles. The number of thiazole rings is 1. The molecule has 32 heavy (non-hydrogen) atoms. The molecule has 6 nitrogen and oxygen atoms in total. The Hall–Kier alpha value is -3.71. The van der Waals surface area contributed by atoms with Crippen molar-refractivity contribution in [2.45, 2.75) is 20.0 Å². The van der Waals surface area contributed by atoms with Crippen molar-refractivity contribution in [1.29, 1.82) is 0 Å². The van der Waals surface area contributed by atoms with E-state index < -0.39 is 0 Å². The number of benzene rings is 3. The van der Waals surface area contributed by atoms with Gasteiger partial charge in [0.05, 0.1) is 35.3 Å². The molecule has 0 aliphatic heterocycles. The third-order valence-corrected chi connectivity index (χ3v) is 5.47. The van der Waals surface area contributed by atoms with Gasteiger partial charge in [0.2, 0.25) is 0 Å². The van der Waals surface area contributed by atoms with Crippen LogP contribution in [0.1, 0.15) is 24.4 Å². The van der Waals surface area contributed by atoms with Gasteiger partial charge in [-0.05, 0) is 61.9 Å². The Kier molecular flexibility index (Phi) is 6.77. The maximum atomic E-state index is 5.78. The van der Waals surface area contributed by atoms with Crippen LogP contribution in [0.3, 0.4) is 0 Å². The van der Waals surface area contributed by atoms with E-state index in [4.69, 9.17) is 19.5 Å². The minimum Gasteiger partial charge on any atom is -0.493 e. The van der Waals surface area contributed by atoms with Crippen molar-refractivity contribution in [2.75, 3.05) is 7.11 Å². The predicted molar refractivity (Wildman–Crippen MR) is 132 cm³/mol. The van der Waals surface area contributed by atoms with Gasteiger partial charge in [-0.25, -0.2) is 9.98 Å². The van der Waals surface area contributed by atoms with E-state index in [9.17, 15) is 0 Å². The minimum absolute atomic E-state index is 0.0654. The highest BCUT2D eigenvalue weighted by molar-refractivity contribution is 7.20. The lowest BCUT2D eigenvalue weighted by molar-refractivity contribution is 0.230. The van der Waals surface area contributed by atoms with Crippen LogP contribution in [-0.4, -0.2) is 30.2 Å². The lowest BCUT2D eigenvalue weighted by Gasteiger charge is -2.13. The molecule has 0 aliphatic rings. The Morgan fingerprint density at radius 3 is 2.53 bits per heavy atom. The predicted octanol–water partition coefficient (Wildman–Crippen LogP) is 5.79. The van der Waals surface area contributed by atoms with Crippen molar-refractivity contribution in [3.05, 3.63) is 83.4 Å². The summed E-state index contributed by atoms with van der Waals surface area (Å²) in [7, 11) is 1.62. The quantitative estimate of drug-likeness (QED) is 0.222. The number of rotatable bonds is 7. The summed E-state index contributed by atoms with van der Waals surface area (Å²) in [5, 5.41) is 5.18. The average molecular weight is 445 g/mol. The Bertz CT molecular complexity index is 1220. The smallest absolute Gasteiger partial charge is 0.183 e. The summed E-state index contributed by atoms with van der Waals surface area (Å²) in [6.45, 7) is 3.96. The number of amidine groups is 1. The van der Waals surface area contributed by atoms with Crippen LogP contribution in [0.15, 0.2) is 82.9 Å². The Morgan fingerprint density at radius 1 is 1.00 bits per heavy atom. The summed E-state index contributed by atoms with van der Waals surface area (Å²) in [4.78, 5) is 9.45. The first kappa shape index (κ1) is 21.5. The zero-order valence-corrected chi connectivity index (χ0v) is 19.0. The van der Waals surface area contributed by atoms with Gasteiger partial charge in [0.15, 0.2) is 22.3 Å². The second-order valence-electron chi connectivity index (χ2n) is 7.23. The summed E-state index contributed by atoms with van der Waals surface area (Å²) in [5.74, 6) is 1.95. The molecule has 1 aromatic heterocycles. The van der Waals surface area contributed by atoms with Crippen molar-refractivity contribution in [3.8, 4) is 11.5 Å². The Labute approximate surface area is 191 Å². The highest BCUT2D eigenvalue weighted by atomic mass is 32.1. The summed E-state index contributed by atoms with van der Waals surface area (Å²) in [6.07, 6.45) is 1.78. The van der Waals surface area contributed by atoms with Gasteiger partial charge in [0, 0.05) is 0 Å². The number of hydrogen-bond acceptors (Lipinski definition) is 6. The molecule has 4 aromatic rings. The standard InChI is InChI=1S/C25H24N4O2S/c1-17(2)31-21-14-13-18(15-22(21)30-3)16-26-29-24(27-19-9-5-4-6-10-19)25-28-20-11-7-8-12-23(20)32-25/h4-17H,1-3H3,(H,27,29)/b26-16+. The van der Waals surface area contributed by atoms with Crippen molar-refractivity contribution < 1.29 is 9.47 Å². The summed E-state index contributed by atoms with van der Waals surface area (Å²) >= 11 is 1.57. The molecule has 0 fully saturated rings. The van der Waals surface area contributed by atoms with E-state index in [0.717, 1.165) is 26.5 Å². The maximum absolute atomic E-state index is 5.78. The fraction of sp³-hybridized carbons (Fsp3) is 0.160. The highest BCUT2D eigenvalue weighted by Gasteiger charge is 2.11. The lowest BCUT2D eigenvalue weighted by Crippen LogP contribution is -2.18. The molecule has 0 saturated heterocycles. The van der Waals surface area contributed by atoms with Gasteiger partial charge in [-0.1, -0.05) is 30.3 Å². The molecular weight excluding hydrogens is 420 g/mol. The number of aromatic nitrogens is 1. The van der Waals surface area contributed by atoms with Crippen molar-refractivity contribution in [1.82, 2.24) is 10.4 Å². The third kappa shape index (κ3) is 5.31. The van der Waals surface area contributed by atoms with E-state index in [2.05, 4.69) is 10.5 Å². The topological polar surface area (TPSA) is 68.1 Å². The summed E-state index contributed by atoms with van der Waals surface area (Å²) < 4.78 is 12.3. The number of hydrazone groups is 1. The van der Waals surface area contributed by atoms with Crippen LogP contribution >= 0.6 is 11.3 Å². The number of ether oxygens (including phenoxy) is 2. The van der Waals surface area contributed by atoms with Crippen LogP contribution in [0.4, 0.5) is 5.69 Å². The molecule has 0 amide bonds. The fourth-order valence-electron chi connectivity index (χ4n) is 3.01. The van der Waals surface area contributed by atoms with E-state index >= 15 is 0 Å². The van der Waals surface area contributed by atoms with Gasteiger partial charge >= 0.3 is 0 Å². The molecule has 0 radical (unpaired) electrons. The highest BCUT2D eigenvalue weighted by Crippen LogP contribution is 2.28. The van der Waals surface area contributed by atoms with Gasteiger partial charge in [-0.15, -0.1) is 11.3 Å². The van der Waals surface area contributed by atoms with Crippen molar-refractivity contribution in [2.24, 2.45) is 10.1 Å². The SMILES string of the molecule is COc1cc(/C=N/NC(=Nc2ccccc2)c2nc3ccccc3s2)ccc1OC(C)C. The van der Waals surface area contributed by atoms with Gasteiger partial charge in [-0.3, -0.25) is 5.43 Å². The molecule has 3 aromatic carbocycles. The first-order valence-electron chi connectivity index (χ1n) is 10.3. The van der Waals surface area contributed by atoms with Crippen LogP contribution in [-0.2, 0) is 0 Å². The number of aliphatic imine (C=N–C) groups is 1. The van der Waals surface area contributed by atoms with E-state index in [1.165, 1.54) is 0 Å². The monoisotopic (exact) mass is 444 g/mol. The van der Waals surface area contributed by atoms with E-state index in [-0.39, 0.29) is 6.10 Å². The molecule has 0 spiro atoms. The second-order valence-corrected chi connectivity index (χ2v) is 8.26. The van der Waals surface area contributed by atoms with Crippen molar-refractivity contribution in [3.63, 3.8) is 0 Å². The molecule has 0 unspecified atom stereocenters. The summed E-state index contributed by atoms with van der Waals surface area (Å²) in [5.41, 5.74) is 5.70. The Balaban J connectivity index is 1.60. The van der Waals surface area contributed by atoms with Gasteiger partial charge in [0.1, 0.15) is 0 Å². The van der Waals surface area contributed by atoms with Crippen LogP contribution in [0.25, 0.3) is 10.2 Å². The van der Waals surface area contributed by atoms with Gasteiger partial charge in [-0.2, -0.15) is 5.10 Å². The van der Waals surface area contributed by atoms with E-state index in [1.54, 1.807) is 24.7 Å². The molecular formula is C25H24N4O2S. The molecule has 1 N–H and O–H groups in total. The van der Waals surface area contributed by atoms with Crippen LogP contribution < -0.4 is 14.9 Å². The lowest BCUT2D eigenvalue weighted by atomic mass is 10.2. The number of para-hydroxylation sites is 2. The zero-order chi connectivity index (χ0) is 22.3. The van der Waals surface area contributed by atoms with Crippen LogP contribution in [0.5, 0.6) is 11.5 Å². The zero-order valence-electron chi connectivity index (χ0n) is 18.1. The number of methoxy groups -OCH3 is 1. The Morgan fingerprint density at radius 2 is 1.78 bits per heavy atom. The largest absolute Gasteiger partial charge is 0.493 e. The van der Waals surface area contributed by atoms with Crippen molar-refractivity contribution >= 4 is 39.3 Å². The third-order valence-electron chi connectivity index (χ3n) is 4.43. The maximum Gasteiger partial charge on any atom is 0.183 e. The number of nitrogens with one attached hydrogen (secondary N) is 1. The average Bonchev–Trinajstić information content (AvgIpc) is 3.24. The van der Waals surface area contributed by atoms with E-state index in [0.29, 0.717) is 17.3 Å². The first-order chi connectivity index (χ1) is 15.6. The van der Waals surface area contributed by atoms with Crippen LogP contribution in [0.2, 0.25) is 0 Å². The second kappa shape index (κ2) is 10.1. The van der Waals surface area contributed by atoms with Gasteiger partial charge < -0.3 is 9.47 Å². The van der Waals surface area contributed by atoms with Crippen LogP contribution in [0, 0.1) is 0 Å². The minimum atomic E-state index is 0.0654. The molecule has 0 atom stereocenters. The molecule has 0 bridgehead atoms.